The van der Waals surface area contributed by atoms with Crippen LogP contribution in [0.25, 0.3) is 0 Å². The van der Waals surface area contributed by atoms with E-state index in [1.54, 1.807) is 0 Å². The monoisotopic (exact) mass is 193 g/mol. The van der Waals surface area contributed by atoms with Gasteiger partial charge in [0, 0.05) is 0 Å². The molecule has 0 amide bonds. The fourth-order valence-corrected chi connectivity index (χ4v) is 0.340. The minimum absolute atomic E-state index is 0. The third-order valence-electron chi connectivity index (χ3n) is 0.586. The molecule has 0 N–H and O–H groups in total. The third kappa shape index (κ3) is 6.22. The quantitative estimate of drug-likeness (QED) is 0.340. The van der Waals surface area contributed by atoms with Crippen molar-refractivity contribution in [3.05, 3.63) is 24.3 Å². The van der Waals surface area contributed by atoms with Gasteiger partial charge in [-0.05, 0) is 0 Å². The Labute approximate surface area is 66.5 Å². The zero-order valence-electron chi connectivity index (χ0n) is 4.20. The second-order valence-corrected chi connectivity index (χ2v) is 1.00. The van der Waals surface area contributed by atoms with Gasteiger partial charge in [-0.3, -0.25) is 6.08 Å². The van der Waals surface area contributed by atoms with Gasteiger partial charge in [-0.15, -0.1) is 6.42 Å². The van der Waals surface area contributed by atoms with E-state index in [0.717, 1.165) is 6.42 Å². The first-order valence-corrected chi connectivity index (χ1v) is 1.72. The fraction of sp³-hybridized carbons (Fsp3) is 0.200. The van der Waals surface area contributed by atoms with E-state index in [-0.39, 0.29) is 35.6 Å². The van der Waals surface area contributed by atoms with Crippen LogP contribution in [-0.4, -0.2) is 0 Å². The van der Waals surface area contributed by atoms with Crippen molar-refractivity contribution in [2.45, 2.75) is 6.42 Å². The van der Waals surface area contributed by atoms with Crippen LogP contribution >= 0.6 is 0 Å². The molecule has 0 nitrogen and oxygen atoms in total. The Balaban J connectivity index is -0.0000000833. The molecule has 0 bridgehead atoms. The zero-order valence-corrected chi connectivity index (χ0v) is 6.65. The van der Waals surface area contributed by atoms with Crippen LogP contribution in [0.1, 0.15) is 6.42 Å². The number of hydrogen-bond donors (Lipinski definition) is 0. The minimum atomic E-state index is 0. The molecule has 0 saturated carbocycles. The summed E-state index contributed by atoms with van der Waals surface area (Å²) >= 11 is 0. The van der Waals surface area contributed by atoms with E-state index in [1.807, 2.05) is 12.2 Å². The molecule has 0 aromatic heterocycles. The standard InChI is InChI=1S/C5H5.2FH.Zr/c1-2-4-5-3-1;;;/h1-3H,4H2;2*1H;/q-1;;;+3/p-2. The average molecular weight is 194 g/mol. The first-order valence-electron chi connectivity index (χ1n) is 1.72. The van der Waals surface area contributed by atoms with Gasteiger partial charge in [0.2, 0.25) is 0 Å². The predicted octanol–water partition coefficient (Wildman–Crippen LogP) is -4.69. The summed E-state index contributed by atoms with van der Waals surface area (Å²) in [6, 6.07) is 0. The van der Waals surface area contributed by atoms with Crippen LogP contribution < -0.4 is 9.41 Å². The second-order valence-electron chi connectivity index (χ2n) is 1.00. The molecule has 43 valence electrons. The van der Waals surface area contributed by atoms with Crippen LogP contribution in [0, 0.1) is 6.08 Å². The topological polar surface area (TPSA) is 0 Å². The summed E-state index contributed by atoms with van der Waals surface area (Å²) in [5.41, 5.74) is 0. The molecule has 0 fully saturated rings. The molecule has 1 aliphatic carbocycles. The van der Waals surface area contributed by atoms with Gasteiger partial charge >= 0.3 is 26.2 Å². The summed E-state index contributed by atoms with van der Waals surface area (Å²) in [6.45, 7) is 0. The molecule has 1 aliphatic rings. The van der Waals surface area contributed by atoms with Gasteiger partial charge in [-0.1, -0.05) is 0 Å². The number of rotatable bonds is 0. The van der Waals surface area contributed by atoms with Gasteiger partial charge in [0.1, 0.15) is 0 Å². The molecule has 0 aromatic carbocycles. The Morgan fingerprint density at radius 2 is 1.88 bits per heavy atom. The van der Waals surface area contributed by atoms with Crippen molar-refractivity contribution in [3.63, 3.8) is 0 Å². The summed E-state index contributed by atoms with van der Waals surface area (Å²) in [5, 5.41) is 0. The van der Waals surface area contributed by atoms with Gasteiger partial charge in [-0.2, -0.15) is 6.08 Å². The molecular formula is C5H5F2Zr. The van der Waals surface area contributed by atoms with Gasteiger partial charge in [0.05, 0.1) is 0 Å². The molecule has 0 aliphatic heterocycles. The van der Waals surface area contributed by atoms with Crippen molar-refractivity contribution in [3.8, 4) is 0 Å². The first-order chi connectivity index (χ1) is 2.50. The zero-order chi connectivity index (χ0) is 3.54. The largest absolute Gasteiger partial charge is 3.00 e. The molecule has 0 unspecified atom stereocenters. The van der Waals surface area contributed by atoms with Gasteiger partial charge in [0.15, 0.2) is 0 Å². The summed E-state index contributed by atoms with van der Waals surface area (Å²) in [5.74, 6) is 0. The van der Waals surface area contributed by atoms with E-state index in [0.29, 0.717) is 0 Å². The predicted molar refractivity (Wildman–Crippen MR) is 21.6 cm³/mol. The molecule has 0 atom stereocenters. The van der Waals surface area contributed by atoms with Gasteiger partial charge in [-0.25, -0.2) is 12.2 Å². The molecule has 0 heterocycles. The van der Waals surface area contributed by atoms with E-state index in [2.05, 4.69) is 12.2 Å². The smallest absolute Gasteiger partial charge is 1.00 e. The number of allylic oxidation sites excluding steroid dienone is 4. The summed E-state index contributed by atoms with van der Waals surface area (Å²) in [7, 11) is 0. The molecule has 8 heavy (non-hydrogen) atoms. The molecule has 0 spiro atoms. The van der Waals surface area contributed by atoms with Crippen LogP contribution in [0.3, 0.4) is 0 Å². The normalized spacial score (nSPS) is 11.0. The fourth-order valence-electron chi connectivity index (χ4n) is 0.340. The Bertz CT molecular complexity index is 68.5. The number of hydrogen-bond acceptors (Lipinski definition) is 0. The van der Waals surface area contributed by atoms with Crippen molar-refractivity contribution in [2.75, 3.05) is 0 Å². The summed E-state index contributed by atoms with van der Waals surface area (Å²) in [6.07, 6.45) is 10.0. The molecular weight excluding hydrogens is 189 g/mol. The van der Waals surface area contributed by atoms with Gasteiger partial charge in [0.25, 0.3) is 0 Å². The Kier molecular flexibility index (Phi) is 20.2. The summed E-state index contributed by atoms with van der Waals surface area (Å²) < 4.78 is 0. The van der Waals surface area contributed by atoms with Crippen molar-refractivity contribution in [1.29, 1.82) is 0 Å². The van der Waals surface area contributed by atoms with E-state index < -0.39 is 0 Å². The van der Waals surface area contributed by atoms with Crippen LogP contribution in [0.4, 0.5) is 0 Å². The SMILES string of the molecule is [C-]1=CC=CC1.[F-].[F-].[Zr+3]. The maximum Gasteiger partial charge on any atom is 3.00 e. The van der Waals surface area contributed by atoms with Crippen LogP contribution in [0.5, 0.6) is 0 Å². The molecule has 0 aromatic rings. The third-order valence-corrected chi connectivity index (χ3v) is 0.586. The Morgan fingerprint density at radius 3 is 2.00 bits per heavy atom. The van der Waals surface area contributed by atoms with Crippen molar-refractivity contribution in [2.24, 2.45) is 0 Å². The van der Waals surface area contributed by atoms with E-state index in [1.165, 1.54) is 0 Å². The first kappa shape index (κ1) is 15.7. The van der Waals surface area contributed by atoms with Crippen molar-refractivity contribution < 1.29 is 35.6 Å². The molecule has 0 saturated heterocycles. The molecule has 1 rings (SSSR count). The molecule has 1 radical (unpaired) electrons. The average Bonchev–Trinajstić information content (AvgIpc) is 1.76. The van der Waals surface area contributed by atoms with Crippen molar-refractivity contribution >= 4 is 0 Å². The minimum Gasteiger partial charge on any atom is -1.00 e. The number of halogens is 2. The Morgan fingerprint density at radius 1 is 1.25 bits per heavy atom. The van der Waals surface area contributed by atoms with Crippen LogP contribution in [-0.2, 0) is 26.2 Å². The van der Waals surface area contributed by atoms with Crippen molar-refractivity contribution in [1.82, 2.24) is 0 Å². The van der Waals surface area contributed by atoms with Crippen LogP contribution in [0.2, 0.25) is 0 Å². The van der Waals surface area contributed by atoms with E-state index >= 15 is 0 Å². The van der Waals surface area contributed by atoms with E-state index in [4.69, 9.17) is 0 Å². The van der Waals surface area contributed by atoms with Crippen LogP contribution in [0.15, 0.2) is 18.2 Å². The summed E-state index contributed by atoms with van der Waals surface area (Å²) in [4.78, 5) is 0. The van der Waals surface area contributed by atoms with Gasteiger partial charge < -0.3 is 9.41 Å². The maximum absolute atomic E-state index is 2.99. The molecule has 3 heteroatoms. The second kappa shape index (κ2) is 10.3. The maximum atomic E-state index is 2.99. The Hall–Kier alpha value is 0.223. The van der Waals surface area contributed by atoms with E-state index in [9.17, 15) is 0 Å².